The summed E-state index contributed by atoms with van der Waals surface area (Å²) in [5.41, 5.74) is 1.96. The fourth-order valence-corrected chi connectivity index (χ4v) is 4.07. The van der Waals surface area contributed by atoms with Crippen LogP contribution in [0.4, 0.5) is 0 Å². The molecule has 0 amide bonds. The van der Waals surface area contributed by atoms with Gasteiger partial charge in [-0.25, -0.2) is 4.99 Å². The first-order valence-corrected chi connectivity index (χ1v) is 8.96. The number of aliphatic hydroxyl groups is 3. The third-order valence-corrected chi connectivity index (χ3v) is 5.52. The number of ether oxygens (including phenoxy) is 1. The van der Waals surface area contributed by atoms with Gasteiger partial charge in [-0.3, -0.25) is 4.99 Å². The van der Waals surface area contributed by atoms with Crippen molar-refractivity contribution in [2.75, 3.05) is 13.2 Å². The summed E-state index contributed by atoms with van der Waals surface area (Å²) in [5, 5.41) is 29.6. The Morgan fingerprint density at radius 3 is 2.69 bits per heavy atom. The Labute approximate surface area is 156 Å². The molecule has 1 unspecified atom stereocenters. The zero-order valence-electron chi connectivity index (χ0n) is 14.0. The van der Waals surface area contributed by atoms with Crippen LogP contribution >= 0.6 is 12.6 Å². The average Bonchev–Trinajstić information content (AvgIpc) is 3.19. The Morgan fingerprint density at radius 1 is 1.23 bits per heavy atom. The molecule has 0 bridgehead atoms. The van der Waals surface area contributed by atoms with Crippen LogP contribution in [-0.4, -0.2) is 75.0 Å². The molecule has 3 heterocycles. The van der Waals surface area contributed by atoms with Crippen molar-refractivity contribution in [1.82, 2.24) is 4.90 Å². The van der Waals surface area contributed by atoms with Gasteiger partial charge in [0.2, 0.25) is 0 Å². The minimum atomic E-state index is -1.14. The van der Waals surface area contributed by atoms with Crippen LogP contribution in [-0.2, 0) is 11.2 Å². The molecule has 138 valence electrons. The van der Waals surface area contributed by atoms with Gasteiger partial charge < -0.3 is 25.0 Å². The standard InChI is InChI=1S/C18H21N3O4S/c22-9-13-14(23)15(24)17(25-13)21-7-6-12-16(21)19-10-20-18(12,26)8-11-4-2-1-3-5-11/h1-6,10,13-15,17,22-24,26H,7-9H2/t13-,14-,15-,17-,18?/m1/s1. The van der Waals surface area contributed by atoms with E-state index in [0.29, 0.717) is 18.8 Å². The Kier molecular flexibility index (Phi) is 4.62. The Morgan fingerprint density at radius 2 is 2.00 bits per heavy atom. The first-order valence-electron chi connectivity index (χ1n) is 8.51. The summed E-state index contributed by atoms with van der Waals surface area (Å²) < 4.78 is 5.65. The second kappa shape index (κ2) is 6.79. The van der Waals surface area contributed by atoms with Gasteiger partial charge in [0.25, 0.3) is 0 Å². The lowest BCUT2D eigenvalue weighted by Gasteiger charge is -2.34. The van der Waals surface area contributed by atoms with Crippen LogP contribution in [0.5, 0.6) is 0 Å². The third kappa shape index (κ3) is 2.87. The van der Waals surface area contributed by atoms with E-state index in [-0.39, 0.29) is 6.61 Å². The monoisotopic (exact) mass is 375 g/mol. The molecule has 3 aliphatic rings. The number of amidine groups is 1. The molecular formula is C18H21N3O4S. The second-order valence-electron chi connectivity index (χ2n) is 6.68. The molecule has 0 aromatic heterocycles. The normalized spacial score (nSPS) is 36.1. The van der Waals surface area contributed by atoms with E-state index in [1.165, 1.54) is 6.34 Å². The van der Waals surface area contributed by atoms with Crippen LogP contribution in [0.3, 0.4) is 0 Å². The van der Waals surface area contributed by atoms with E-state index in [0.717, 1.165) is 11.1 Å². The molecule has 3 aliphatic heterocycles. The molecule has 5 atom stereocenters. The van der Waals surface area contributed by atoms with Gasteiger partial charge >= 0.3 is 0 Å². The molecular weight excluding hydrogens is 354 g/mol. The molecule has 1 aromatic carbocycles. The molecule has 0 spiro atoms. The number of thiol groups is 1. The Balaban J connectivity index is 1.57. The van der Waals surface area contributed by atoms with Crippen LogP contribution in [0.2, 0.25) is 0 Å². The molecule has 0 radical (unpaired) electrons. The maximum Gasteiger partial charge on any atom is 0.161 e. The molecule has 8 heteroatoms. The molecule has 4 rings (SSSR count). The third-order valence-electron chi connectivity index (χ3n) is 5.01. The van der Waals surface area contributed by atoms with E-state index in [1.807, 2.05) is 36.4 Å². The highest BCUT2D eigenvalue weighted by Gasteiger charge is 2.49. The summed E-state index contributed by atoms with van der Waals surface area (Å²) in [4.78, 5) is 9.87. The van der Waals surface area contributed by atoms with Crippen molar-refractivity contribution in [2.24, 2.45) is 9.98 Å². The Hall–Kier alpha value is -1.71. The van der Waals surface area contributed by atoms with Crippen LogP contribution in [0.25, 0.3) is 0 Å². The van der Waals surface area contributed by atoms with Crippen molar-refractivity contribution in [2.45, 2.75) is 35.8 Å². The quantitative estimate of drug-likeness (QED) is 0.555. The van der Waals surface area contributed by atoms with Gasteiger partial charge in [-0.05, 0) is 5.56 Å². The smallest absolute Gasteiger partial charge is 0.161 e. The lowest BCUT2D eigenvalue weighted by molar-refractivity contribution is -0.0672. The van der Waals surface area contributed by atoms with Crippen LogP contribution in [0.1, 0.15) is 5.56 Å². The maximum absolute atomic E-state index is 10.3. The van der Waals surface area contributed by atoms with Crippen LogP contribution < -0.4 is 0 Å². The minimum Gasteiger partial charge on any atom is -0.394 e. The summed E-state index contributed by atoms with van der Waals surface area (Å²) in [6.45, 7) is 0.0997. The molecule has 1 saturated heterocycles. The van der Waals surface area contributed by atoms with Gasteiger partial charge in [-0.1, -0.05) is 36.4 Å². The number of benzene rings is 1. The number of nitrogens with zero attached hydrogens (tertiary/aromatic N) is 3. The van der Waals surface area contributed by atoms with E-state index < -0.39 is 29.4 Å². The number of rotatable bonds is 4. The molecule has 26 heavy (non-hydrogen) atoms. The minimum absolute atomic E-state index is 0.360. The SMILES string of the molecule is OC[C@H]1O[C@@H](N2CC=C3C2=NC=NC3(S)Cc2ccccc2)[C@H](O)[C@@H]1O. The van der Waals surface area contributed by atoms with Crippen molar-refractivity contribution in [3.63, 3.8) is 0 Å². The van der Waals surface area contributed by atoms with Gasteiger partial charge in [-0.15, -0.1) is 12.6 Å². The summed E-state index contributed by atoms with van der Waals surface area (Å²) in [6.07, 6.45) is 0.170. The lowest BCUT2D eigenvalue weighted by atomic mass is 9.97. The molecule has 7 nitrogen and oxygen atoms in total. The van der Waals surface area contributed by atoms with Crippen molar-refractivity contribution in [3.05, 3.63) is 47.5 Å². The molecule has 1 aromatic rings. The zero-order valence-corrected chi connectivity index (χ0v) is 14.9. The predicted molar refractivity (Wildman–Crippen MR) is 100 cm³/mol. The Bertz CT molecular complexity index is 769. The first-order chi connectivity index (χ1) is 12.5. The van der Waals surface area contributed by atoms with Gasteiger partial charge in [0.15, 0.2) is 6.23 Å². The van der Waals surface area contributed by atoms with Crippen LogP contribution in [0.15, 0.2) is 52.0 Å². The number of hydrogen-bond donors (Lipinski definition) is 4. The molecule has 1 fully saturated rings. The fraction of sp³-hybridized carbons (Fsp3) is 0.444. The maximum atomic E-state index is 10.3. The van der Waals surface area contributed by atoms with Gasteiger partial charge in [0.05, 0.1) is 6.61 Å². The highest BCUT2D eigenvalue weighted by molar-refractivity contribution is 7.82. The van der Waals surface area contributed by atoms with Crippen molar-refractivity contribution >= 4 is 24.8 Å². The highest BCUT2D eigenvalue weighted by Crippen LogP contribution is 2.38. The van der Waals surface area contributed by atoms with Gasteiger partial charge in [0, 0.05) is 18.5 Å². The van der Waals surface area contributed by atoms with Gasteiger partial charge in [-0.2, -0.15) is 0 Å². The fourth-order valence-electron chi connectivity index (χ4n) is 3.64. The lowest BCUT2D eigenvalue weighted by Crippen LogP contribution is -2.47. The van der Waals surface area contributed by atoms with Crippen molar-refractivity contribution < 1.29 is 20.1 Å². The van der Waals surface area contributed by atoms with E-state index in [1.54, 1.807) is 4.90 Å². The predicted octanol–water partition coefficient (Wildman–Crippen LogP) is -0.0234. The topological polar surface area (TPSA) is 97.9 Å². The van der Waals surface area contributed by atoms with E-state index in [9.17, 15) is 15.3 Å². The van der Waals surface area contributed by atoms with Crippen molar-refractivity contribution in [3.8, 4) is 0 Å². The highest BCUT2D eigenvalue weighted by atomic mass is 32.1. The summed E-state index contributed by atoms with van der Waals surface area (Å²) in [5.74, 6) is 0.626. The first kappa shape index (κ1) is 17.7. The van der Waals surface area contributed by atoms with E-state index >= 15 is 0 Å². The number of aliphatic imine (C=N–C) groups is 2. The molecule has 3 N–H and O–H groups in total. The number of hydrogen-bond acceptors (Lipinski definition) is 8. The van der Waals surface area contributed by atoms with Crippen LogP contribution in [0, 0.1) is 0 Å². The summed E-state index contributed by atoms with van der Waals surface area (Å²) >= 11 is 4.83. The summed E-state index contributed by atoms with van der Waals surface area (Å²) in [7, 11) is 0. The zero-order chi connectivity index (χ0) is 18.3. The average molecular weight is 375 g/mol. The van der Waals surface area contributed by atoms with E-state index in [4.69, 9.17) is 17.4 Å². The molecule has 0 saturated carbocycles. The largest absolute Gasteiger partial charge is 0.394 e. The second-order valence-corrected chi connectivity index (χ2v) is 7.42. The summed E-state index contributed by atoms with van der Waals surface area (Å²) in [6, 6.07) is 9.96. The van der Waals surface area contributed by atoms with Gasteiger partial charge in [0.1, 0.15) is 35.4 Å². The van der Waals surface area contributed by atoms with Crippen molar-refractivity contribution in [1.29, 1.82) is 0 Å². The van der Waals surface area contributed by atoms with E-state index in [2.05, 4.69) is 9.98 Å². The number of fused-ring (bicyclic) bond motifs is 1. The molecule has 0 aliphatic carbocycles. The number of aliphatic hydroxyl groups excluding tert-OH is 3.